The van der Waals surface area contributed by atoms with E-state index >= 15 is 0 Å². The van der Waals surface area contributed by atoms with E-state index in [1.165, 1.54) is 7.11 Å². The molecule has 8 heteroatoms. The van der Waals surface area contributed by atoms with Crippen molar-refractivity contribution < 1.29 is 23.5 Å². The van der Waals surface area contributed by atoms with Crippen molar-refractivity contribution in [1.29, 1.82) is 0 Å². The van der Waals surface area contributed by atoms with Crippen LogP contribution in [0.5, 0.6) is 11.5 Å². The average molecular weight is 484 g/mol. The highest BCUT2D eigenvalue weighted by Gasteiger charge is 2.29. The lowest BCUT2D eigenvalue weighted by Gasteiger charge is -2.11. The van der Waals surface area contributed by atoms with E-state index in [1.54, 1.807) is 49.6 Å². The minimum Gasteiger partial charge on any atom is -0.497 e. The number of methoxy groups -OCH3 is 2. The molecule has 1 aromatic heterocycles. The van der Waals surface area contributed by atoms with Crippen molar-refractivity contribution in [1.82, 2.24) is 4.98 Å². The van der Waals surface area contributed by atoms with Crippen LogP contribution in [0, 0.1) is 5.92 Å². The van der Waals surface area contributed by atoms with Crippen LogP contribution in [0.3, 0.4) is 0 Å². The molecule has 0 atom stereocenters. The normalized spacial score (nSPS) is 12.6. The highest BCUT2D eigenvalue weighted by Crippen LogP contribution is 2.34. The first kappa shape index (κ1) is 23.2. The van der Waals surface area contributed by atoms with Crippen LogP contribution in [0.1, 0.15) is 23.3 Å². The monoisotopic (exact) mass is 483 g/mol. The van der Waals surface area contributed by atoms with Gasteiger partial charge in [0.1, 0.15) is 11.5 Å². The second kappa shape index (κ2) is 9.95. The molecule has 4 aromatic rings. The van der Waals surface area contributed by atoms with E-state index in [1.807, 2.05) is 30.3 Å². The third-order valence-corrected chi connectivity index (χ3v) is 5.88. The quantitative estimate of drug-likeness (QED) is 0.337. The van der Waals surface area contributed by atoms with Gasteiger partial charge in [0.2, 0.25) is 11.8 Å². The van der Waals surface area contributed by atoms with E-state index in [2.05, 4.69) is 15.6 Å². The number of carbonyl (C=O) groups is 2. The summed E-state index contributed by atoms with van der Waals surface area (Å²) in [6.45, 7) is 0. The highest BCUT2D eigenvalue weighted by molar-refractivity contribution is 6.07. The molecular weight excluding hydrogens is 458 g/mol. The first-order chi connectivity index (χ1) is 17.6. The smallest absolute Gasteiger partial charge is 0.278 e. The maximum Gasteiger partial charge on any atom is 0.278 e. The van der Waals surface area contributed by atoms with Crippen LogP contribution in [0.2, 0.25) is 0 Å². The zero-order chi connectivity index (χ0) is 25.1. The van der Waals surface area contributed by atoms with E-state index in [0.717, 1.165) is 18.4 Å². The summed E-state index contributed by atoms with van der Waals surface area (Å²) in [5.74, 6) is 1.35. The fourth-order valence-electron chi connectivity index (χ4n) is 3.76. The number of hydrogen-bond donors (Lipinski definition) is 2. The van der Waals surface area contributed by atoms with E-state index in [9.17, 15) is 9.59 Å². The molecule has 2 N–H and O–H groups in total. The predicted molar refractivity (Wildman–Crippen MR) is 136 cm³/mol. The van der Waals surface area contributed by atoms with Crippen LogP contribution in [0.25, 0.3) is 22.8 Å². The number of amides is 2. The Bertz CT molecular complexity index is 1390. The maximum absolute atomic E-state index is 13.4. The molecule has 0 spiro atoms. The van der Waals surface area contributed by atoms with Gasteiger partial charge in [-0.2, -0.15) is 0 Å². The molecule has 3 aromatic carbocycles. The molecule has 2 amide bonds. The minimum atomic E-state index is -0.464. The molecule has 5 rings (SSSR count). The largest absolute Gasteiger partial charge is 0.497 e. The number of carbonyl (C=O) groups excluding carboxylic acids is 2. The van der Waals surface area contributed by atoms with Crippen molar-refractivity contribution >= 4 is 23.2 Å². The van der Waals surface area contributed by atoms with Crippen LogP contribution < -0.4 is 20.1 Å². The lowest BCUT2D eigenvalue weighted by molar-refractivity contribution is -0.117. The standard InChI is InChI=1S/C28H25N3O5/c1-34-21-14-15-23(35-2)22(16-21)30-27(33)24-25(36-28(31-24)19-6-4-3-5-7-19)17-10-12-20(13-11-17)29-26(32)18-8-9-18/h3-7,10-16,18H,8-9H2,1-2H3,(H,29,32)(H,30,33). The van der Waals surface area contributed by atoms with Crippen molar-refractivity contribution in [2.75, 3.05) is 24.9 Å². The molecule has 182 valence electrons. The van der Waals surface area contributed by atoms with Crippen molar-refractivity contribution in [2.24, 2.45) is 5.92 Å². The van der Waals surface area contributed by atoms with Gasteiger partial charge in [0.05, 0.1) is 19.9 Å². The molecule has 0 bridgehead atoms. The Hall–Kier alpha value is -4.59. The van der Waals surface area contributed by atoms with E-state index < -0.39 is 5.91 Å². The van der Waals surface area contributed by atoms with Crippen molar-refractivity contribution in [2.45, 2.75) is 12.8 Å². The third kappa shape index (κ3) is 4.93. The molecular formula is C28H25N3O5. The van der Waals surface area contributed by atoms with Crippen LogP contribution in [0.4, 0.5) is 11.4 Å². The van der Waals surface area contributed by atoms with E-state index in [-0.39, 0.29) is 17.5 Å². The second-order valence-electron chi connectivity index (χ2n) is 8.42. The Morgan fingerprint density at radius 2 is 1.64 bits per heavy atom. The van der Waals surface area contributed by atoms with Gasteiger partial charge in [-0.05, 0) is 61.4 Å². The number of rotatable bonds is 8. The van der Waals surface area contributed by atoms with E-state index in [0.29, 0.717) is 40.1 Å². The van der Waals surface area contributed by atoms with Gasteiger partial charge in [-0.1, -0.05) is 18.2 Å². The number of hydrogen-bond acceptors (Lipinski definition) is 6. The Kier molecular flexibility index (Phi) is 6.40. The molecule has 0 aliphatic heterocycles. The van der Waals surface area contributed by atoms with Gasteiger partial charge in [-0.3, -0.25) is 9.59 Å². The second-order valence-corrected chi connectivity index (χ2v) is 8.42. The van der Waals surface area contributed by atoms with Crippen LogP contribution in [0.15, 0.2) is 77.2 Å². The Balaban J connectivity index is 1.49. The van der Waals surface area contributed by atoms with Gasteiger partial charge < -0.3 is 24.5 Å². The molecule has 1 saturated carbocycles. The SMILES string of the molecule is COc1ccc(OC)c(NC(=O)c2nc(-c3ccccc3)oc2-c2ccc(NC(=O)C3CC3)cc2)c1. The molecule has 1 aliphatic rings. The minimum absolute atomic E-state index is 0.0288. The zero-order valence-corrected chi connectivity index (χ0v) is 19.9. The Morgan fingerprint density at radius 3 is 2.31 bits per heavy atom. The molecule has 1 heterocycles. The first-order valence-corrected chi connectivity index (χ1v) is 11.6. The summed E-state index contributed by atoms with van der Waals surface area (Å²) in [6, 6.07) is 21.6. The Morgan fingerprint density at radius 1 is 0.889 bits per heavy atom. The van der Waals surface area contributed by atoms with Crippen LogP contribution >= 0.6 is 0 Å². The summed E-state index contributed by atoms with van der Waals surface area (Å²) in [4.78, 5) is 30.1. The van der Waals surface area contributed by atoms with Gasteiger partial charge in [-0.15, -0.1) is 0 Å². The van der Waals surface area contributed by atoms with Gasteiger partial charge in [-0.25, -0.2) is 4.98 Å². The summed E-state index contributed by atoms with van der Waals surface area (Å²) >= 11 is 0. The Labute approximate surface area is 208 Å². The number of ether oxygens (including phenoxy) is 2. The molecule has 0 radical (unpaired) electrons. The molecule has 8 nitrogen and oxygen atoms in total. The summed E-state index contributed by atoms with van der Waals surface area (Å²) in [7, 11) is 3.07. The summed E-state index contributed by atoms with van der Waals surface area (Å²) in [5.41, 5.74) is 2.64. The lowest BCUT2D eigenvalue weighted by atomic mass is 10.1. The number of oxazole rings is 1. The lowest BCUT2D eigenvalue weighted by Crippen LogP contribution is -2.14. The van der Waals surface area contributed by atoms with Gasteiger partial charge in [0, 0.05) is 28.8 Å². The van der Waals surface area contributed by atoms with Crippen molar-refractivity contribution in [3.63, 3.8) is 0 Å². The average Bonchev–Trinajstić information content (AvgIpc) is 3.68. The predicted octanol–water partition coefficient (Wildman–Crippen LogP) is 5.63. The molecule has 36 heavy (non-hydrogen) atoms. The number of benzene rings is 3. The summed E-state index contributed by atoms with van der Waals surface area (Å²) in [5, 5.41) is 5.78. The fourth-order valence-corrected chi connectivity index (χ4v) is 3.76. The zero-order valence-electron chi connectivity index (χ0n) is 19.9. The van der Waals surface area contributed by atoms with Crippen LogP contribution in [-0.2, 0) is 4.79 Å². The molecule has 0 saturated heterocycles. The van der Waals surface area contributed by atoms with Crippen molar-refractivity contribution in [3.05, 3.63) is 78.5 Å². The topological polar surface area (TPSA) is 103 Å². The number of nitrogens with one attached hydrogen (secondary N) is 2. The van der Waals surface area contributed by atoms with E-state index in [4.69, 9.17) is 13.9 Å². The molecule has 0 unspecified atom stereocenters. The number of nitrogens with zero attached hydrogens (tertiary/aromatic N) is 1. The van der Waals surface area contributed by atoms with Crippen molar-refractivity contribution in [3.8, 4) is 34.3 Å². The third-order valence-electron chi connectivity index (χ3n) is 5.88. The van der Waals surface area contributed by atoms with Crippen LogP contribution in [-0.4, -0.2) is 31.0 Å². The fraction of sp³-hybridized carbons (Fsp3) is 0.179. The maximum atomic E-state index is 13.4. The summed E-state index contributed by atoms with van der Waals surface area (Å²) in [6.07, 6.45) is 1.86. The highest BCUT2D eigenvalue weighted by atomic mass is 16.5. The van der Waals surface area contributed by atoms with Gasteiger partial charge in [0.25, 0.3) is 5.91 Å². The van der Waals surface area contributed by atoms with Gasteiger partial charge >= 0.3 is 0 Å². The first-order valence-electron chi connectivity index (χ1n) is 11.6. The number of anilines is 2. The molecule has 1 aliphatic carbocycles. The number of aromatic nitrogens is 1. The molecule has 1 fully saturated rings. The summed E-state index contributed by atoms with van der Waals surface area (Å²) < 4.78 is 16.8. The van der Waals surface area contributed by atoms with Gasteiger partial charge in [0.15, 0.2) is 11.5 Å².